The minimum Gasteiger partial charge on any atom is -0.324 e. The first kappa shape index (κ1) is 13.0. The summed E-state index contributed by atoms with van der Waals surface area (Å²) in [6.45, 7) is 0.325. The molecule has 0 aliphatic carbocycles. The highest BCUT2D eigenvalue weighted by atomic mass is 32.2. The van der Waals surface area contributed by atoms with Gasteiger partial charge in [-0.1, -0.05) is 16.6 Å². The molecule has 0 unspecified atom stereocenters. The van der Waals surface area contributed by atoms with Crippen LogP contribution in [-0.2, 0) is 16.6 Å². The van der Waals surface area contributed by atoms with Gasteiger partial charge >= 0.3 is 0 Å². The Labute approximate surface area is 119 Å². The molecule has 0 radical (unpaired) electrons. The predicted molar refractivity (Wildman–Crippen MR) is 76.0 cm³/mol. The second-order valence-electron chi connectivity index (χ2n) is 3.98. The number of rotatable bonds is 3. The lowest BCUT2D eigenvalue weighted by molar-refractivity contribution is 0.597. The molecule has 1 aliphatic heterocycles. The summed E-state index contributed by atoms with van der Waals surface area (Å²) in [5, 5.41) is 4.59. The Morgan fingerprint density at radius 3 is 2.95 bits per heavy atom. The first-order valence-electron chi connectivity index (χ1n) is 5.56. The number of hydrogen-bond donors (Lipinski definition) is 2. The zero-order valence-electron chi connectivity index (χ0n) is 10.1. The van der Waals surface area contributed by atoms with E-state index in [0.29, 0.717) is 22.9 Å². The minimum absolute atomic E-state index is 0.174. The number of benzene rings is 1. The lowest BCUT2D eigenvalue weighted by Crippen LogP contribution is -2.27. The molecule has 20 heavy (non-hydrogen) atoms. The van der Waals surface area contributed by atoms with Crippen LogP contribution in [0.4, 0.5) is 10.7 Å². The molecule has 0 atom stereocenters. The van der Waals surface area contributed by atoms with Crippen LogP contribution in [-0.4, -0.2) is 24.3 Å². The van der Waals surface area contributed by atoms with E-state index in [1.165, 1.54) is 12.4 Å². The zero-order valence-corrected chi connectivity index (χ0v) is 11.7. The number of hydrogen-bond acceptors (Lipinski definition) is 8. The third-order valence-electron chi connectivity index (χ3n) is 2.78. The third kappa shape index (κ3) is 2.13. The van der Waals surface area contributed by atoms with Crippen molar-refractivity contribution in [3.63, 3.8) is 0 Å². The molecule has 3 rings (SSSR count). The van der Waals surface area contributed by atoms with Crippen molar-refractivity contribution in [2.75, 3.05) is 10.3 Å². The second-order valence-corrected chi connectivity index (χ2v) is 6.34. The average Bonchev–Trinajstić information content (AvgIpc) is 2.90. The van der Waals surface area contributed by atoms with E-state index < -0.39 is 10.0 Å². The second kappa shape index (κ2) is 4.81. The molecular weight excluding hydrogens is 300 g/mol. The van der Waals surface area contributed by atoms with Crippen molar-refractivity contribution in [2.24, 2.45) is 10.2 Å². The molecule has 0 fully saturated rings. The summed E-state index contributed by atoms with van der Waals surface area (Å²) in [4.78, 5) is 1.86. The number of hydrazine groups is 1. The highest BCUT2D eigenvalue weighted by molar-refractivity contribution is 7.90. The summed E-state index contributed by atoms with van der Waals surface area (Å²) in [5.74, 6) is 5.37. The first-order valence-corrected chi connectivity index (χ1v) is 7.77. The number of nitrogen functional groups attached to an aromatic ring is 1. The van der Waals surface area contributed by atoms with Crippen LogP contribution < -0.4 is 16.2 Å². The van der Waals surface area contributed by atoms with Gasteiger partial charge in [0.2, 0.25) is 0 Å². The summed E-state index contributed by atoms with van der Waals surface area (Å²) < 4.78 is 31.1. The first-order chi connectivity index (χ1) is 9.62. The number of anilines is 2. The standard InChI is InChI=1S/C10H10N6O2S2/c11-13-10-7(14-15-19-10)5-16-6-12-20(17,18)9-4-2-1-3-8(9)16/h1-4,6,13H,5,11H2. The van der Waals surface area contributed by atoms with Gasteiger partial charge in [-0.25, -0.2) is 5.84 Å². The van der Waals surface area contributed by atoms with E-state index in [0.717, 1.165) is 11.5 Å². The molecule has 2 aromatic rings. The monoisotopic (exact) mass is 310 g/mol. The maximum atomic E-state index is 11.9. The number of nitrogens with two attached hydrogens (primary N) is 1. The molecule has 1 aromatic heterocycles. The number of fused-ring (bicyclic) bond motifs is 1. The van der Waals surface area contributed by atoms with Gasteiger partial charge in [-0.05, 0) is 12.1 Å². The highest BCUT2D eigenvalue weighted by Crippen LogP contribution is 2.31. The Bertz CT molecular complexity index is 770. The van der Waals surface area contributed by atoms with Crippen molar-refractivity contribution < 1.29 is 8.42 Å². The Morgan fingerprint density at radius 2 is 2.15 bits per heavy atom. The maximum Gasteiger partial charge on any atom is 0.285 e. The van der Waals surface area contributed by atoms with Crippen LogP contribution in [0.1, 0.15) is 5.69 Å². The van der Waals surface area contributed by atoms with Crippen LogP contribution >= 0.6 is 11.5 Å². The van der Waals surface area contributed by atoms with Gasteiger partial charge in [-0.15, -0.1) is 9.50 Å². The molecule has 104 valence electrons. The van der Waals surface area contributed by atoms with E-state index in [2.05, 4.69) is 19.4 Å². The van der Waals surface area contributed by atoms with Gasteiger partial charge in [0.25, 0.3) is 10.0 Å². The van der Waals surface area contributed by atoms with Gasteiger partial charge in [0, 0.05) is 11.5 Å². The smallest absolute Gasteiger partial charge is 0.285 e. The Hall–Kier alpha value is -2.04. The zero-order chi connectivity index (χ0) is 14.2. The fourth-order valence-electron chi connectivity index (χ4n) is 1.86. The molecule has 2 heterocycles. The largest absolute Gasteiger partial charge is 0.324 e. The SMILES string of the molecule is NNc1snnc1CN1C=NS(=O)(=O)c2ccccc21. The quantitative estimate of drug-likeness (QED) is 0.629. The number of nitrogens with one attached hydrogen (secondary N) is 1. The lowest BCUT2D eigenvalue weighted by atomic mass is 10.3. The van der Waals surface area contributed by atoms with Gasteiger partial charge in [0.1, 0.15) is 21.9 Å². The van der Waals surface area contributed by atoms with Crippen molar-refractivity contribution in [2.45, 2.75) is 11.4 Å². The Kier molecular flexibility index (Phi) is 3.12. The van der Waals surface area contributed by atoms with Crippen LogP contribution in [0.5, 0.6) is 0 Å². The number of aromatic nitrogens is 2. The van der Waals surface area contributed by atoms with E-state index in [1.807, 2.05) is 0 Å². The lowest BCUT2D eigenvalue weighted by Gasteiger charge is -2.24. The van der Waals surface area contributed by atoms with E-state index in [1.54, 1.807) is 23.1 Å². The van der Waals surface area contributed by atoms with E-state index in [4.69, 9.17) is 5.84 Å². The number of sulfonamides is 1. The van der Waals surface area contributed by atoms with E-state index in [-0.39, 0.29) is 4.90 Å². The van der Waals surface area contributed by atoms with Crippen LogP contribution in [0, 0.1) is 0 Å². The fraction of sp³-hybridized carbons (Fsp3) is 0.100. The molecule has 1 aliphatic rings. The van der Waals surface area contributed by atoms with Gasteiger partial charge < -0.3 is 10.3 Å². The number of nitrogens with zero attached hydrogens (tertiary/aromatic N) is 4. The summed E-state index contributed by atoms with van der Waals surface area (Å²) in [7, 11) is -3.62. The highest BCUT2D eigenvalue weighted by Gasteiger charge is 2.25. The normalized spacial score (nSPS) is 15.9. The molecule has 3 N–H and O–H groups in total. The van der Waals surface area contributed by atoms with Crippen molar-refractivity contribution in [3.8, 4) is 0 Å². The molecule has 8 nitrogen and oxygen atoms in total. The fourth-order valence-corrected chi connectivity index (χ4v) is 3.40. The molecule has 0 amide bonds. The Balaban J connectivity index is 2.00. The topological polar surface area (TPSA) is 114 Å². The van der Waals surface area contributed by atoms with Gasteiger partial charge in [-0.2, -0.15) is 8.42 Å². The summed E-state index contributed by atoms with van der Waals surface area (Å²) in [6, 6.07) is 6.66. The third-order valence-corrected chi connectivity index (χ3v) is 4.76. The van der Waals surface area contributed by atoms with Crippen molar-refractivity contribution in [3.05, 3.63) is 30.0 Å². The molecule has 0 spiro atoms. The van der Waals surface area contributed by atoms with Crippen molar-refractivity contribution in [1.82, 2.24) is 9.59 Å². The van der Waals surface area contributed by atoms with E-state index in [9.17, 15) is 8.42 Å². The Morgan fingerprint density at radius 1 is 1.35 bits per heavy atom. The van der Waals surface area contributed by atoms with Crippen LogP contribution in [0.25, 0.3) is 0 Å². The predicted octanol–water partition coefficient (Wildman–Crippen LogP) is 0.561. The number of para-hydroxylation sites is 1. The summed E-state index contributed by atoms with van der Waals surface area (Å²) >= 11 is 1.13. The van der Waals surface area contributed by atoms with Crippen LogP contribution in [0.3, 0.4) is 0 Å². The van der Waals surface area contributed by atoms with E-state index >= 15 is 0 Å². The molecule has 1 aromatic carbocycles. The molecule has 10 heteroatoms. The summed E-state index contributed by atoms with van der Waals surface area (Å²) in [5.41, 5.74) is 3.69. The van der Waals surface area contributed by atoms with Gasteiger partial charge in [0.15, 0.2) is 0 Å². The van der Waals surface area contributed by atoms with Gasteiger partial charge in [0.05, 0.1) is 12.2 Å². The van der Waals surface area contributed by atoms with Crippen molar-refractivity contribution >= 4 is 38.6 Å². The minimum atomic E-state index is -3.62. The molecule has 0 saturated heterocycles. The maximum absolute atomic E-state index is 11.9. The van der Waals surface area contributed by atoms with Crippen molar-refractivity contribution in [1.29, 1.82) is 0 Å². The van der Waals surface area contributed by atoms with Crippen LogP contribution in [0.15, 0.2) is 33.6 Å². The molecular formula is C10H10N6O2S2. The molecule has 0 saturated carbocycles. The van der Waals surface area contributed by atoms with Gasteiger partial charge in [-0.3, -0.25) is 0 Å². The molecule has 0 bridgehead atoms. The average molecular weight is 310 g/mol. The van der Waals surface area contributed by atoms with Crippen LogP contribution in [0.2, 0.25) is 0 Å². The summed E-state index contributed by atoms with van der Waals surface area (Å²) in [6.07, 6.45) is 1.28.